The van der Waals surface area contributed by atoms with Gasteiger partial charge >= 0.3 is 6.03 Å². The van der Waals surface area contributed by atoms with Gasteiger partial charge in [0.25, 0.3) is 0 Å². The van der Waals surface area contributed by atoms with Crippen LogP contribution in [0, 0.1) is 5.92 Å². The first-order chi connectivity index (χ1) is 7.10. The second-order valence-electron chi connectivity index (χ2n) is 3.87. The van der Waals surface area contributed by atoms with Crippen molar-refractivity contribution < 1.29 is 14.3 Å². The molecule has 0 spiro atoms. The normalized spacial score (nSPS) is 23.9. The zero-order valence-corrected chi connectivity index (χ0v) is 9.45. The summed E-state index contributed by atoms with van der Waals surface area (Å²) in [6, 6.07) is -0.257. The highest BCUT2D eigenvalue weighted by Gasteiger charge is 2.32. The molecule has 5 heteroatoms. The fourth-order valence-corrected chi connectivity index (χ4v) is 1.70. The maximum absolute atomic E-state index is 11.6. The van der Waals surface area contributed by atoms with E-state index in [1.54, 1.807) is 12.0 Å². The quantitative estimate of drug-likeness (QED) is 0.745. The summed E-state index contributed by atoms with van der Waals surface area (Å²) in [5.41, 5.74) is 0. The van der Waals surface area contributed by atoms with E-state index in [2.05, 4.69) is 5.32 Å². The summed E-state index contributed by atoms with van der Waals surface area (Å²) in [5, 5.41) is 2.34. The van der Waals surface area contributed by atoms with Gasteiger partial charge in [-0.2, -0.15) is 0 Å². The van der Waals surface area contributed by atoms with Gasteiger partial charge in [-0.15, -0.1) is 0 Å². The lowest BCUT2D eigenvalue weighted by Gasteiger charge is -2.35. The van der Waals surface area contributed by atoms with Crippen LogP contribution in [-0.2, 0) is 9.53 Å². The Bertz CT molecular complexity index is 255. The minimum Gasteiger partial charge on any atom is -0.383 e. The van der Waals surface area contributed by atoms with Gasteiger partial charge in [0.1, 0.15) is 0 Å². The first-order valence-electron chi connectivity index (χ1n) is 5.20. The Hall–Kier alpha value is -1.10. The predicted octanol–water partition coefficient (Wildman–Crippen LogP) is 0.599. The zero-order chi connectivity index (χ0) is 11.4. The first-order valence-corrected chi connectivity index (χ1v) is 5.20. The fraction of sp³-hybridized carbons (Fsp3) is 0.800. The van der Waals surface area contributed by atoms with Gasteiger partial charge in [0.2, 0.25) is 5.91 Å². The number of hydrogen-bond donors (Lipinski definition) is 1. The van der Waals surface area contributed by atoms with Crippen molar-refractivity contribution in [2.24, 2.45) is 5.92 Å². The SMILES string of the molecule is CCC(COC)N1CC(C)C(=O)NC1=O. The molecule has 1 fully saturated rings. The monoisotopic (exact) mass is 214 g/mol. The second kappa shape index (κ2) is 5.11. The maximum atomic E-state index is 11.6. The van der Waals surface area contributed by atoms with E-state index in [9.17, 15) is 9.59 Å². The molecule has 5 nitrogen and oxygen atoms in total. The molecule has 1 heterocycles. The third-order valence-electron chi connectivity index (χ3n) is 2.68. The summed E-state index contributed by atoms with van der Waals surface area (Å²) in [4.78, 5) is 24.5. The van der Waals surface area contributed by atoms with E-state index in [1.807, 2.05) is 13.8 Å². The molecular formula is C10H18N2O3. The van der Waals surface area contributed by atoms with Gasteiger partial charge in [-0.1, -0.05) is 13.8 Å². The summed E-state index contributed by atoms with van der Waals surface area (Å²) in [6.07, 6.45) is 0.822. The van der Waals surface area contributed by atoms with E-state index >= 15 is 0 Å². The third kappa shape index (κ3) is 2.68. The Labute approximate surface area is 89.8 Å². The Morgan fingerprint density at radius 2 is 2.27 bits per heavy atom. The number of urea groups is 1. The van der Waals surface area contributed by atoms with Crippen LogP contribution in [0.2, 0.25) is 0 Å². The minimum absolute atomic E-state index is 0.0468. The highest BCUT2D eigenvalue weighted by molar-refractivity contribution is 5.97. The van der Waals surface area contributed by atoms with Crippen LogP contribution in [0.5, 0.6) is 0 Å². The molecule has 15 heavy (non-hydrogen) atoms. The van der Waals surface area contributed by atoms with E-state index in [4.69, 9.17) is 4.74 Å². The van der Waals surface area contributed by atoms with Crippen molar-refractivity contribution in [1.82, 2.24) is 10.2 Å². The van der Waals surface area contributed by atoms with E-state index in [0.717, 1.165) is 6.42 Å². The molecule has 0 saturated carbocycles. The number of amides is 3. The van der Waals surface area contributed by atoms with Crippen LogP contribution in [0.15, 0.2) is 0 Å². The number of carbonyl (C=O) groups excluding carboxylic acids is 2. The molecule has 0 aromatic heterocycles. The molecule has 3 amide bonds. The minimum atomic E-state index is -0.304. The van der Waals surface area contributed by atoms with Crippen LogP contribution >= 0.6 is 0 Å². The fourth-order valence-electron chi connectivity index (χ4n) is 1.70. The van der Waals surface area contributed by atoms with Crippen LogP contribution in [0.1, 0.15) is 20.3 Å². The first kappa shape index (κ1) is 12.0. The molecule has 2 atom stereocenters. The van der Waals surface area contributed by atoms with E-state index in [-0.39, 0.29) is 23.9 Å². The van der Waals surface area contributed by atoms with Crippen molar-refractivity contribution in [3.8, 4) is 0 Å². The van der Waals surface area contributed by atoms with Crippen molar-refractivity contribution in [2.45, 2.75) is 26.3 Å². The smallest absolute Gasteiger partial charge is 0.324 e. The molecule has 1 N–H and O–H groups in total. The standard InChI is InChI=1S/C10H18N2O3/c1-4-8(6-15-3)12-5-7(2)9(13)11-10(12)14/h7-8H,4-6H2,1-3H3,(H,11,13,14). The molecule has 0 aromatic rings. The lowest BCUT2D eigenvalue weighted by atomic mass is 10.1. The second-order valence-corrected chi connectivity index (χ2v) is 3.87. The Kier molecular flexibility index (Phi) is 4.08. The summed E-state index contributed by atoms with van der Waals surface area (Å²) < 4.78 is 5.05. The van der Waals surface area contributed by atoms with Gasteiger partial charge in [0.05, 0.1) is 18.6 Å². The molecule has 1 aliphatic heterocycles. The zero-order valence-electron chi connectivity index (χ0n) is 9.45. The number of methoxy groups -OCH3 is 1. The molecule has 2 unspecified atom stereocenters. The van der Waals surface area contributed by atoms with Crippen molar-refractivity contribution in [1.29, 1.82) is 0 Å². The summed E-state index contributed by atoms with van der Waals surface area (Å²) in [7, 11) is 1.61. The molecule has 0 radical (unpaired) electrons. The number of carbonyl (C=O) groups is 2. The van der Waals surface area contributed by atoms with Crippen LogP contribution in [0.3, 0.4) is 0 Å². The molecule has 86 valence electrons. The summed E-state index contributed by atoms with van der Waals surface area (Å²) in [6.45, 7) is 4.80. The van der Waals surface area contributed by atoms with Gasteiger partial charge in [0.15, 0.2) is 0 Å². The van der Waals surface area contributed by atoms with Crippen LogP contribution < -0.4 is 5.32 Å². The largest absolute Gasteiger partial charge is 0.383 e. The Morgan fingerprint density at radius 1 is 1.60 bits per heavy atom. The number of nitrogens with one attached hydrogen (secondary N) is 1. The van der Waals surface area contributed by atoms with E-state index in [1.165, 1.54) is 0 Å². The van der Waals surface area contributed by atoms with Crippen molar-refractivity contribution >= 4 is 11.9 Å². The average molecular weight is 214 g/mol. The molecular weight excluding hydrogens is 196 g/mol. The number of nitrogens with zero attached hydrogens (tertiary/aromatic N) is 1. The molecule has 1 aliphatic rings. The molecule has 0 aromatic carbocycles. The van der Waals surface area contributed by atoms with E-state index < -0.39 is 0 Å². The highest BCUT2D eigenvalue weighted by Crippen LogP contribution is 2.13. The van der Waals surface area contributed by atoms with Gasteiger partial charge in [-0.05, 0) is 6.42 Å². The maximum Gasteiger partial charge on any atom is 0.324 e. The lowest BCUT2D eigenvalue weighted by Crippen LogP contribution is -2.57. The topological polar surface area (TPSA) is 58.6 Å². The van der Waals surface area contributed by atoms with Gasteiger partial charge in [-0.3, -0.25) is 10.1 Å². The van der Waals surface area contributed by atoms with Gasteiger partial charge < -0.3 is 9.64 Å². The average Bonchev–Trinajstić information content (AvgIpc) is 2.20. The molecule has 0 aliphatic carbocycles. The van der Waals surface area contributed by atoms with E-state index in [0.29, 0.717) is 13.2 Å². The van der Waals surface area contributed by atoms with Crippen molar-refractivity contribution in [3.63, 3.8) is 0 Å². The number of imide groups is 1. The van der Waals surface area contributed by atoms with Crippen molar-refractivity contribution in [3.05, 3.63) is 0 Å². The highest BCUT2D eigenvalue weighted by atomic mass is 16.5. The molecule has 1 rings (SSSR count). The lowest BCUT2D eigenvalue weighted by molar-refractivity contribution is -0.125. The van der Waals surface area contributed by atoms with Crippen LogP contribution in [-0.4, -0.2) is 43.1 Å². The molecule has 0 bridgehead atoms. The van der Waals surface area contributed by atoms with Crippen LogP contribution in [0.4, 0.5) is 4.79 Å². The molecule has 1 saturated heterocycles. The number of rotatable bonds is 4. The Balaban J connectivity index is 2.67. The third-order valence-corrected chi connectivity index (χ3v) is 2.68. The number of hydrogen-bond acceptors (Lipinski definition) is 3. The van der Waals surface area contributed by atoms with Gasteiger partial charge in [0, 0.05) is 13.7 Å². The summed E-state index contributed by atoms with van der Waals surface area (Å²) >= 11 is 0. The number of ether oxygens (including phenoxy) is 1. The Morgan fingerprint density at radius 3 is 2.80 bits per heavy atom. The van der Waals surface area contributed by atoms with Gasteiger partial charge in [-0.25, -0.2) is 4.79 Å². The van der Waals surface area contributed by atoms with Crippen molar-refractivity contribution in [2.75, 3.05) is 20.3 Å². The predicted molar refractivity (Wildman–Crippen MR) is 55.4 cm³/mol. The summed E-state index contributed by atoms with van der Waals surface area (Å²) in [5.74, 6) is -0.336. The van der Waals surface area contributed by atoms with Crippen LogP contribution in [0.25, 0.3) is 0 Å².